The molecule has 5 nitrogen and oxygen atoms in total. The lowest BCUT2D eigenvalue weighted by Crippen LogP contribution is -2.34. The molecule has 118 valence electrons. The predicted octanol–water partition coefficient (Wildman–Crippen LogP) is 2.09. The number of para-hydroxylation sites is 2. The highest BCUT2D eigenvalue weighted by Gasteiger charge is 2.14. The zero-order chi connectivity index (χ0) is 15.5. The van der Waals surface area contributed by atoms with E-state index in [4.69, 9.17) is 19.9 Å². The van der Waals surface area contributed by atoms with Crippen LogP contribution in [0.15, 0.2) is 24.3 Å². The molecular formula is C15H23NO4S. The molecule has 0 aliphatic heterocycles. The summed E-state index contributed by atoms with van der Waals surface area (Å²) in [5.41, 5.74) is 5.70. The van der Waals surface area contributed by atoms with Gasteiger partial charge in [-0.1, -0.05) is 12.1 Å². The van der Waals surface area contributed by atoms with Crippen LogP contribution in [0.2, 0.25) is 0 Å². The first-order chi connectivity index (χ1) is 10.2. The predicted molar refractivity (Wildman–Crippen MR) is 85.0 cm³/mol. The van der Waals surface area contributed by atoms with Gasteiger partial charge in [0.15, 0.2) is 11.5 Å². The topological polar surface area (TPSA) is 70.8 Å². The molecule has 6 heteroatoms. The third-order valence-corrected chi connectivity index (χ3v) is 3.57. The van der Waals surface area contributed by atoms with Gasteiger partial charge in [0.05, 0.1) is 19.8 Å². The molecule has 21 heavy (non-hydrogen) atoms. The Balaban J connectivity index is 2.24. The highest BCUT2D eigenvalue weighted by Crippen LogP contribution is 2.26. The molecule has 0 spiro atoms. The number of carbonyl (C=O) groups is 1. The smallest absolute Gasteiger partial charge is 0.323 e. The van der Waals surface area contributed by atoms with E-state index in [9.17, 15) is 4.79 Å². The molecule has 1 aromatic rings. The van der Waals surface area contributed by atoms with E-state index in [1.54, 1.807) is 18.7 Å². The van der Waals surface area contributed by atoms with Crippen molar-refractivity contribution in [3.05, 3.63) is 24.3 Å². The molecule has 0 fully saturated rings. The lowest BCUT2D eigenvalue weighted by atomic mass is 10.3. The Labute approximate surface area is 130 Å². The zero-order valence-corrected chi connectivity index (χ0v) is 13.4. The van der Waals surface area contributed by atoms with Gasteiger partial charge >= 0.3 is 5.97 Å². The van der Waals surface area contributed by atoms with Crippen LogP contribution in [0.1, 0.15) is 13.8 Å². The van der Waals surface area contributed by atoms with Crippen molar-refractivity contribution in [3.8, 4) is 11.5 Å². The van der Waals surface area contributed by atoms with Crippen molar-refractivity contribution in [2.24, 2.45) is 5.73 Å². The fourth-order valence-electron chi connectivity index (χ4n) is 1.58. The van der Waals surface area contributed by atoms with Gasteiger partial charge in [-0.05, 0) is 26.0 Å². The van der Waals surface area contributed by atoms with E-state index >= 15 is 0 Å². The number of rotatable bonds is 10. The van der Waals surface area contributed by atoms with Gasteiger partial charge in [0.25, 0.3) is 0 Å². The molecule has 0 saturated carbocycles. The molecule has 0 saturated heterocycles. The number of hydrogen-bond donors (Lipinski definition) is 1. The van der Waals surface area contributed by atoms with Gasteiger partial charge in [0.1, 0.15) is 6.04 Å². The van der Waals surface area contributed by atoms with Crippen LogP contribution >= 0.6 is 11.8 Å². The van der Waals surface area contributed by atoms with Gasteiger partial charge in [-0.25, -0.2) is 0 Å². The third-order valence-electron chi connectivity index (χ3n) is 2.52. The largest absolute Gasteiger partial charge is 0.490 e. The molecule has 0 heterocycles. The maximum Gasteiger partial charge on any atom is 0.323 e. The Morgan fingerprint density at radius 2 is 1.86 bits per heavy atom. The third kappa shape index (κ3) is 6.73. The van der Waals surface area contributed by atoms with Gasteiger partial charge in [-0.3, -0.25) is 4.79 Å². The van der Waals surface area contributed by atoms with Crippen LogP contribution < -0.4 is 15.2 Å². The lowest BCUT2D eigenvalue weighted by Gasteiger charge is -2.12. The van der Waals surface area contributed by atoms with Gasteiger partial charge in [0.2, 0.25) is 0 Å². The number of esters is 1. The molecule has 2 N–H and O–H groups in total. The first kappa shape index (κ1) is 17.7. The van der Waals surface area contributed by atoms with Gasteiger partial charge < -0.3 is 19.9 Å². The first-order valence-corrected chi connectivity index (χ1v) is 8.19. The first-order valence-electron chi connectivity index (χ1n) is 7.03. The summed E-state index contributed by atoms with van der Waals surface area (Å²) in [6.07, 6.45) is 0. The Bertz CT molecular complexity index is 428. The summed E-state index contributed by atoms with van der Waals surface area (Å²) in [6.45, 7) is 5.19. The van der Waals surface area contributed by atoms with Gasteiger partial charge in [-0.2, -0.15) is 11.8 Å². The summed E-state index contributed by atoms with van der Waals surface area (Å²) >= 11 is 1.56. The molecule has 0 amide bonds. The van der Waals surface area contributed by atoms with Crippen molar-refractivity contribution in [2.45, 2.75) is 19.9 Å². The molecule has 0 bridgehead atoms. The molecule has 0 radical (unpaired) electrons. The summed E-state index contributed by atoms with van der Waals surface area (Å²) in [5.74, 6) is 2.39. The van der Waals surface area contributed by atoms with Gasteiger partial charge in [0, 0.05) is 11.5 Å². The Morgan fingerprint density at radius 3 is 2.48 bits per heavy atom. The Morgan fingerprint density at radius 1 is 1.19 bits per heavy atom. The summed E-state index contributed by atoms with van der Waals surface area (Å²) in [7, 11) is 0. The van der Waals surface area contributed by atoms with Crippen LogP contribution in [-0.4, -0.2) is 43.3 Å². The Kier molecular flexibility index (Phi) is 8.69. The van der Waals surface area contributed by atoms with E-state index in [2.05, 4.69) is 0 Å². The lowest BCUT2D eigenvalue weighted by molar-refractivity contribution is -0.144. The van der Waals surface area contributed by atoms with E-state index < -0.39 is 6.04 Å². The second-order valence-corrected chi connectivity index (χ2v) is 5.31. The van der Waals surface area contributed by atoms with Crippen molar-refractivity contribution in [1.82, 2.24) is 0 Å². The average molecular weight is 313 g/mol. The van der Waals surface area contributed by atoms with E-state index in [1.165, 1.54) is 0 Å². The summed E-state index contributed by atoms with van der Waals surface area (Å²) in [5, 5.41) is 0. The molecule has 0 aliphatic rings. The van der Waals surface area contributed by atoms with Crippen molar-refractivity contribution in [1.29, 1.82) is 0 Å². The fraction of sp³-hybridized carbons (Fsp3) is 0.533. The highest BCUT2D eigenvalue weighted by atomic mass is 32.2. The molecule has 0 aromatic heterocycles. The Hall–Kier alpha value is -1.40. The molecule has 1 atom stereocenters. The second-order valence-electron chi connectivity index (χ2n) is 4.16. The number of ether oxygens (including phenoxy) is 3. The quantitative estimate of drug-likeness (QED) is 0.527. The molecule has 1 rings (SSSR count). The van der Waals surface area contributed by atoms with Crippen LogP contribution in [0.25, 0.3) is 0 Å². The number of carbonyl (C=O) groups excluding carboxylic acids is 1. The van der Waals surface area contributed by atoms with Gasteiger partial charge in [-0.15, -0.1) is 0 Å². The maximum atomic E-state index is 11.3. The maximum absolute atomic E-state index is 11.3. The summed E-state index contributed by atoms with van der Waals surface area (Å²) in [4.78, 5) is 11.3. The minimum Gasteiger partial charge on any atom is -0.490 e. The SMILES string of the molecule is CCOC(=O)C(N)CSCCOc1ccccc1OCC. The molecule has 0 aliphatic carbocycles. The van der Waals surface area contributed by atoms with Crippen molar-refractivity contribution in [2.75, 3.05) is 31.3 Å². The zero-order valence-electron chi connectivity index (χ0n) is 12.5. The fourth-order valence-corrected chi connectivity index (χ4v) is 2.34. The monoisotopic (exact) mass is 313 g/mol. The number of thioether (sulfide) groups is 1. The van der Waals surface area contributed by atoms with Crippen LogP contribution in [0.5, 0.6) is 11.5 Å². The number of nitrogens with two attached hydrogens (primary N) is 1. The molecule has 1 aromatic carbocycles. The summed E-state index contributed by atoms with van der Waals surface area (Å²) in [6, 6.07) is 6.99. The normalized spacial score (nSPS) is 11.8. The van der Waals surface area contributed by atoms with Crippen molar-refractivity contribution >= 4 is 17.7 Å². The molecular weight excluding hydrogens is 290 g/mol. The van der Waals surface area contributed by atoms with E-state index in [0.29, 0.717) is 25.6 Å². The average Bonchev–Trinajstić information content (AvgIpc) is 2.49. The van der Waals surface area contributed by atoms with Crippen LogP contribution in [0.4, 0.5) is 0 Å². The van der Waals surface area contributed by atoms with E-state index in [-0.39, 0.29) is 5.97 Å². The summed E-state index contributed by atoms with van der Waals surface area (Å²) < 4.78 is 16.0. The van der Waals surface area contributed by atoms with Crippen LogP contribution in [-0.2, 0) is 9.53 Å². The highest BCUT2D eigenvalue weighted by molar-refractivity contribution is 7.99. The number of benzene rings is 1. The molecule has 1 unspecified atom stereocenters. The number of hydrogen-bond acceptors (Lipinski definition) is 6. The van der Waals surface area contributed by atoms with Crippen molar-refractivity contribution in [3.63, 3.8) is 0 Å². The van der Waals surface area contributed by atoms with E-state index in [1.807, 2.05) is 31.2 Å². The van der Waals surface area contributed by atoms with E-state index in [0.717, 1.165) is 17.3 Å². The second kappa shape index (κ2) is 10.3. The minimum atomic E-state index is -0.578. The standard InChI is InChI=1S/C15H23NO4S/c1-3-18-13-7-5-6-8-14(13)20-9-10-21-11-12(16)15(17)19-4-2/h5-8,12H,3-4,9-11,16H2,1-2H3. The minimum absolute atomic E-state index is 0.354. The van der Waals surface area contributed by atoms with Crippen molar-refractivity contribution < 1.29 is 19.0 Å². The van der Waals surface area contributed by atoms with Crippen LogP contribution in [0, 0.1) is 0 Å². The van der Waals surface area contributed by atoms with Crippen LogP contribution in [0.3, 0.4) is 0 Å².